The van der Waals surface area contributed by atoms with Crippen LogP contribution < -0.4 is 0 Å². The first-order valence-electron chi connectivity index (χ1n) is 7.43. The molecule has 0 unspecified atom stereocenters. The predicted octanol–water partition coefficient (Wildman–Crippen LogP) is 2.08. The van der Waals surface area contributed by atoms with E-state index < -0.39 is 11.4 Å². The maximum Gasteiger partial charge on any atom is 0.310 e. The summed E-state index contributed by atoms with van der Waals surface area (Å²) >= 11 is 0. The number of nitrogens with zero attached hydrogens (tertiary/aromatic N) is 2. The summed E-state index contributed by atoms with van der Waals surface area (Å²) < 4.78 is 10.3. The van der Waals surface area contributed by atoms with Crippen LogP contribution in [0.5, 0.6) is 0 Å². The van der Waals surface area contributed by atoms with Gasteiger partial charge in [-0.15, -0.1) is 0 Å². The minimum Gasteiger partial charge on any atom is -0.481 e. The average Bonchev–Trinajstić information content (AvgIpc) is 2.84. The zero-order chi connectivity index (χ0) is 15.3. The van der Waals surface area contributed by atoms with Crippen LogP contribution in [-0.4, -0.2) is 47.9 Å². The van der Waals surface area contributed by atoms with E-state index in [1.54, 1.807) is 7.11 Å². The standard InChI is InChI=1S/C15H24N2O4/c1-12-9-13(21-16-12)10-17-7-3-5-15(11-17,14(18)19)6-4-8-20-2/h9H,3-8,10-11H2,1-2H3,(H,18,19)/t15-/m0/s1. The van der Waals surface area contributed by atoms with Crippen LogP contribution in [0.3, 0.4) is 0 Å². The topological polar surface area (TPSA) is 75.8 Å². The Morgan fingerprint density at radius 1 is 1.62 bits per heavy atom. The molecule has 1 N–H and O–H groups in total. The van der Waals surface area contributed by atoms with Crippen molar-refractivity contribution >= 4 is 5.97 Å². The monoisotopic (exact) mass is 296 g/mol. The summed E-state index contributed by atoms with van der Waals surface area (Å²) in [6, 6.07) is 1.90. The number of hydrogen-bond donors (Lipinski definition) is 1. The summed E-state index contributed by atoms with van der Waals surface area (Å²) in [4.78, 5) is 13.9. The summed E-state index contributed by atoms with van der Waals surface area (Å²) in [7, 11) is 1.65. The molecule has 1 aromatic rings. The highest BCUT2D eigenvalue weighted by Gasteiger charge is 2.41. The van der Waals surface area contributed by atoms with Crippen LogP contribution in [0.25, 0.3) is 0 Å². The molecule has 118 valence electrons. The third-order valence-electron chi connectivity index (χ3n) is 4.17. The van der Waals surface area contributed by atoms with Crippen molar-refractivity contribution in [2.24, 2.45) is 5.41 Å². The van der Waals surface area contributed by atoms with Gasteiger partial charge in [-0.1, -0.05) is 5.16 Å². The third-order valence-corrected chi connectivity index (χ3v) is 4.17. The molecule has 6 nitrogen and oxygen atoms in total. The number of hydrogen-bond acceptors (Lipinski definition) is 5. The quantitative estimate of drug-likeness (QED) is 0.776. The van der Waals surface area contributed by atoms with E-state index in [1.807, 2.05) is 13.0 Å². The van der Waals surface area contributed by atoms with E-state index in [9.17, 15) is 9.90 Å². The Morgan fingerprint density at radius 2 is 2.43 bits per heavy atom. The maximum atomic E-state index is 11.8. The van der Waals surface area contributed by atoms with E-state index in [0.29, 0.717) is 26.1 Å². The summed E-state index contributed by atoms with van der Waals surface area (Å²) in [6.45, 7) is 4.58. The second-order valence-electron chi connectivity index (χ2n) is 5.93. The van der Waals surface area contributed by atoms with Gasteiger partial charge in [0.15, 0.2) is 5.76 Å². The van der Waals surface area contributed by atoms with Crippen LogP contribution in [0, 0.1) is 12.3 Å². The van der Waals surface area contributed by atoms with Gasteiger partial charge >= 0.3 is 5.97 Å². The Bertz CT molecular complexity index is 474. The molecule has 1 aliphatic heterocycles. The molecule has 21 heavy (non-hydrogen) atoms. The van der Waals surface area contributed by atoms with Gasteiger partial charge in [-0.3, -0.25) is 9.69 Å². The number of carbonyl (C=O) groups is 1. The molecular formula is C15H24N2O4. The molecule has 2 rings (SSSR count). The molecule has 0 amide bonds. The van der Waals surface area contributed by atoms with Gasteiger partial charge in [-0.05, 0) is 39.2 Å². The smallest absolute Gasteiger partial charge is 0.310 e. The van der Waals surface area contributed by atoms with Gasteiger partial charge in [0.05, 0.1) is 17.7 Å². The molecule has 1 fully saturated rings. The third kappa shape index (κ3) is 4.04. The van der Waals surface area contributed by atoms with Gasteiger partial charge in [0, 0.05) is 26.3 Å². The zero-order valence-corrected chi connectivity index (χ0v) is 12.8. The van der Waals surface area contributed by atoms with Gasteiger partial charge in [0.1, 0.15) is 0 Å². The van der Waals surface area contributed by atoms with E-state index >= 15 is 0 Å². The molecule has 1 aromatic heterocycles. The summed E-state index contributed by atoms with van der Waals surface area (Å²) in [5.74, 6) is 0.0997. The highest BCUT2D eigenvalue weighted by Crippen LogP contribution is 2.35. The molecule has 0 aliphatic carbocycles. The van der Waals surface area contributed by atoms with Crippen LogP contribution in [0.15, 0.2) is 10.6 Å². The van der Waals surface area contributed by atoms with Crippen LogP contribution in [0.1, 0.15) is 37.1 Å². The highest BCUT2D eigenvalue weighted by molar-refractivity contribution is 5.75. The van der Waals surface area contributed by atoms with Crippen molar-refractivity contribution in [1.82, 2.24) is 10.1 Å². The van der Waals surface area contributed by atoms with E-state index in [0.717, 1.165) is 37.3 Å². The van der Waals surface area contributed by atoms with E-state index in [4.69, 9.17) is 9.26 Å². The van der Waals surface area contributed by atoms with Crippen LogP contribution in [0.4, 0.5) is 0 Å². The molecule has 1 saturated heterocycles. The molecule has 0 aromatic carbocycles. The lowest BCUT2D eigenvalue weighted by Gasteiger charge is -2.39. The van der Waals surface area contributed by atoms with Gasteiger partial charge in [0.25, 0.3) is 0 Å². The molecule has 0 bridgehead atoms. The Kier molecular flexibility index (Phi) is 5.36. The first kappa shape index (κ1) is 16.0. The fourth-order valence-corrected chi connectivity index (χ4v) is 3.11. The Balaban J connectivity index is 2.00. The number of aliphatic carboxylic acids is 1. The molecule has 0 saturated carbocycles. The van der Waals surface area contributed by atoms with Gasteiger partial charge in [-0.25, -0.2) is 0 Å². The number of rotatable bonds is 7. The van der Waals surface area contributed by atoms with Crippen LogP contribution in [-0.2, 0) is 16.1 Å². The van der Waals surface area contributed by atoms with E-state index in [1.165, 1.54) is 0 Å². The largest absolute Gasteiger partial charge is 0.481 e. The van der Waals surface area contributed by atoms with Crippen molar-refractivity contribution in [2.75, 3.05) is 26.8 Å². The van der Waals surface area contributed by atoms with Gasteiger partial charge in [-0.2, -0.15) is 0 Å². The van der Waals surface area contributed by atoms with Gasteiger partial charge in [0.2, 0.25) is 0 Å². The zero-order valence-electron chi connectivity index (χ0n) is 12.8. The highest BCUT2D eigenvalue weighted by atomic mass is 16.5. The summed E-state index contributed by atoms with van der Waals surface area (Å²) in [6.07, 6.45) is 3.06. The molecule has 2 heterocycles. The van der Waals surface area contributed by atoms with Crippen molar-refractivity contribution < 1.29 is 19.2 Å². The number of piperidine rings is 1. The first-order valence-corrected chi connectivity index (χ1v) is 7.43. The SMILES string of the molecule is COCCC[C@@]1(C(=O)O)CCCN(Cc2cc(C)no2)C1. The van der Waals surface area contributed by atoms with Crippen LogP contribution in [0.2, 0.25) is 0 Å². The number of ether oxygens (including phenoxy) is 1. The molecule has 6 heteroatoms. The minimum atomic E-state index is -0.697. The fourth-order valence-electron chi connectivity index (χ4n) is 3.11. The molecule has 0 radical (unpaired) electrons. The Morgan fingerprint density at radius 3 is 3.05 bits per heavy atom. The number of methoxy groups -OCH3 is 1. The Labute approximate surface area is 125 Å². The second kappa shape index (κ2) is 7.04. The summed E-state index contributed by atoms with van der Waals surface area (Å²) in [5.41, 5.74) is 0.192. The lowest BCUT2D eigenvalue weighted by atomic mass is 9.76. The molecular weight excluding hydrogens is 272 g/mol. The minimum absolute atomic E-state index is 0.561. The number of carboxylic acids is 1. The number of aryl methyl sites for hydroxylation is 1. The van der Waals surface area contributed by atoms with Crippen molar-refractivity contribution in [3.63, 3.8) is 0 Å². The second-order valence-corrected chi connectivity index (χ2v) is 5.93. The lowest BCUT2D eigenvalue weighted by Crippen LogP contribution is -2.47. The normalized spacial score (nSPS) is 23.3. The maximum absolute atomic E-state index is 11.8. The molecule has 1 aliphatic rings. The van der Waals surface area contributed by atoms with Crippen molar-refractivity contribution in [3.8, 4) is 0 Å². The van der Waals surface area contributed by atoms with Crippen LogP contribution >= 0.6 is 0 Å². The van der Waals surface area contributed by atoms with E-state index in [2.05, 4.69) is 10.1 Å². The van der Waals surface area contributed by atoms with Gasteiger partial charge < -0.3 is 14.4 Å². The first-order chi connectivity index (χ1) is 10.1. The predicted molar refractivity (Wildman–Crippen MR) is 76.9 cm³/mol. The van der Waals surface area contributed by atoms with Crippen molar-refractivity contribution in [1.29, 1.82) is 0 Å². The number of likely N-dealkylation sites (tertiary alicyclic amines) is 1. The summed E-state index contributed by atoms with van der Waals surface area (Å²) in [5, 5.41) is 13.6. The number of aromatic nitrogens is 1. The molecule has 1 atom stereocenters. The lowest BCUT2D eigenvalue weighted by molar-refractivity contribution is -0.153. The average molecular weight is 296 g/mol. The van der Waals surface area contributed by atoms with Crippen molar-refractivity contribution in [2.45, 2.75) is 39.2 Å². The Hall–Kier alpha value is -1.40. The fraction of sp³-hybridized carbons (Fsp3) is 0.733. The van der Waals surface area contributed by atoms with Crippen molar-refractivity contribution in [3.05, 3.63) is 17.5 Å². The van der Waals surface area contributed by atoms with E-state index in [-0.39, 0.29) is 0 Å². The molecule has 0 spiro atoms. The number of carboxylic acid groups (broad SMARTS) is 1.